The molecule has 0 N–H and O–H groups in total. The number of allylic oxidation sites excluding steroid dienone is 1. The predicted octanol–water partition coefficient (Wildman–Crippen LogP) is -2.63. The SMILES string of the molecule is C/C=C1/C(=O)N2C(C(=O)[O-])=C3[C@@H](OCC)CCC[C@@H]3[C@H]12.[Na+]. The quantitative estimate of drug-likeness (QED) is 0.325. The summed E-state index contributed by atoms with van der Waals surface area (Å²) in [6, 6.07) is -0.112. The van der Waals surface area contributed by atoms with Gasteiger partial charge in [-0.1, -0.05) is 6.08 Å². The molecule has 3 aliphatic rings. The number of β-lactam (4-membered cyclic amide) rings is 1. The summed E-state index contributed by atoms with van der Waals surface area (Å²) >= 11 is 0. The molecule has 2 heterocycles. The van der Waals surface area contributed by atoms with Crippen LogP contribution in [0.2, 0.25) is 0 Å². The Morgan fingerprint density at radius 1 is 1.48 bits per heavy atom. The number of carbonyl (C=O) groups is 2. The summed E-state index contributed by atoms with van der Waals surface area (Å²) < 4.78 is 5.70. The van der Waals surface area contributed by atoms with Crippen LogP contribution in [0.15, 0.2) is 22.9 Å². The second kappa shape index (κ2) is 6.24. The van der Waals surface area contributed by atoms with Crippen molar-refractivity contribution in [2.45, 2.75) is 45.3 Å². The molecule has 3 rings (SSSR count). The van der Waals surface area contributed by atoms with Crippen molar-refractivity contribution >= 4 is 11.9 Å². The van der Waals surface area contributed by atoms with Crippen molar-refractivity contribution in [3.63, 3.8) is 0 Å². The number of hydrogen-bond donors (Lipinski definition) is 0. The number of rotatable bonds is 3. The van der Waals surface area contributed by atoms with Gasteiger partial charge in [-0.3, -0.25) is 9.69 Å². The summed E-state index contributed by atoms with van der Waals surface area (Å²) in [5.74, 6) is -1.38. The molecule has 5 nitrogen and oxygen atoms in total. The fourth-order valence-electron chi connectivity index (χ4n) is 3.85. The smallest absolute Gasteiger partial charge is 0.543 e. The summed E-state index contributed by atoms with van der Waals surface area (Å²) in [5, 5.41) is 11.5. The third-order valence-corrected chi connectivity index (χ3v) is 4.56. The second-order valence-corrected chi connectivity index (χ2v) is 5.44. The minimum Gasteiger partial charge on any atom is -0.543 e. The Morgan fingerprint density at radius 3 is 2.76 bits per heavy atom. The van der Waals surface area contributed by atoms with E-state index in [2.05, 4.69) is 0 Å². The zero-order valence-corrected chi connectivity index (χ0v) is 14.7. The van der Waals surface area contributed by atoms with E-state index in [0.29, 0.717) is 6.61 Å². The molecule has 2 fully saturated rings. The van der Waals surface area contributed by atoms with Gasteiger partial charge in [-0.25, -0.2) is 0 Å². The van der Waals surface area contributed by atoms with Gasteiger partial charge < -0.3 is 14.6 Å². The van der Waals surface area contributed by atoms with Gasteiger partial charge in [0.25, 0.3) is 5.91 Å². The molecule has 0 unspecified atom stereocenters. The Labute approximate surface area is 146 Å². The van der Waals surface area contributed by atoms with E-state index in [1.54, 1.807) is 6.08 Å². The summed E-state index contributed by atoms with van der Waals surface area (Å²) in [5.41, 5.74) is 1.56. The molecule has 1 aliphatic carbocycles. The fraction of sp³-hybridized carbons (Fsp3) is 0.600. The van der Waals surface area contributed by atoms with Crippen LogP contribution in [0.5, 0.6) is 0 Å². The molecular weight excluding hydrogens is 281 g/mol. The number of nitrogens with zero attached hydrogens (tertiary/aromatic N) is 1. The Kier molecular flexibility index (Phi) is 4.98. The molecule has 108 valence electrons. The van der Waals surface area contributed by atoms with Crippen molar-refractivity contribution in [1.29, 1.82) is 0 Å². The normalized spacial score (nSPS) is 32.5. The molecule has 21 heavy (non-hydrogen) atoms. The Morgan fingerprint density at radius 2 is 2.19 bits per heavy atom. The van der Waals surface area contributed by atoms with Crippen LogP contribution >= 0.6 is 0 Å². The average Bonchev–Trinajstić information content (AvgIpc) is 2.72. The van der Waals surface area contributed by atoms with Gasteiger partial charge in [0.15, 0.2) is 0 Å². The number of hydrogen-bond acceptors (Lipinski definition) is 4. The van der Waals surface area contributed by atoms with Gasteiger partial charge in [0.1, 0.15) is 0 Å². The molecule has 1 amide bonds. The van der Waals surface area contributed by atoms with E-state index in [4.69, 9.17) is 4.74 Å². The summed E-state index contributed by atoms with van der Waals surface area (Å²) in [6.07, 6.45) is 4.32. The van der Waals surface area contributed by atoms with Crippen LogP contribution in [0.25, 0.3) is 0 Å². The fourth-order valence-corrected chi connectivity index (χ4v) is 3.85. The molecule has 0 bridgehead atoms. The van der Waals surface area contributed by atoms with Crippen molar-refractivity contribution in [3.05, 3.63) is 22.9 Å². The van der Waals surface area contributed by atoms with Crippen LogP contribution in [-0.2, 0) is 14.3 Å². The van der Waals surface area contributed by atoms with Crippen LogP contribution in [0, 0.1) is 5.92 Å². The van der Waals surface area contributed by atoms with Gasteiger partial charge in [-0.15, -0.1) is 0 Å². The molecule has 1 saturated carbocycles. The van der Waals surface area contributed by atoms with Gasteiger partial charge >= 0.3 is 29.6 Å². The number of ether oxygens (including phenoxy) is 1. The maximum absolute atomic E-state index is 12.1. The number of fused-ring (bicyclic) bond motifs is 3. The summed E-state index contributed by atoms with van der Waals surface area (Å²) in [4.78, 5) is 25.0. The molecule has 2 aliphatic heterocycles. The standard InChI is InChI=1S/C15H19NO4.Na/c1-3-8-12-9-6-5-7-10(20-4-2)11(9)13(15(18)19)16(12)14(8)17;/h3,9-10,12H,4-7H2,1-2H3,(H,18,19);/q;+1/p-1/b8-3+;/t9-,10-,12-;/m0./s1. The first-order chi connectivity index (χ1) is 9.61. The van der Waals surface area contributed by atoms with E-state index >= 15 is 0 Å². The minimum atomic E-state index is -1.26. The van der Waals surface area contributed by atoms with Crippen LogP contribution in [0.4, 0.5) is 0 Å². The number of amides is 1. The van der Waals surface area contributed by atoms with Crippen molar-refractivity contribution in [3.8, 4) is 0 Å². The average molecular weight is 299 g/mol. The first-order valence-corrected chi connectivity index (χ1v) is 7.18. The minimum absolute atomic E-state index is 0. The van der Waals surface area contributed by atoms with Crippen LogP contribution < -0.4 is 34.7 Å². The number of carbonyl (C=O) groups excluding carboxylic acids is 2. The van der Waals surface area contributed by atoms with Crippen molar-refractivity contribution in [1.82, 2.24) is 4.90 Å². The van der Waals surface area contributed by atoms with Gasteiger partial charge in [0, 0.05) is 18.1 Å². The largest absolute Gasteiger partial charge is 1.00 e. The molecule has 0 aromatic heterocycles. The molecule has 6 heteroatoms. The van der Waals surface area contributed by atoms with Crippen LogP contribution in [-0.4, -0.2) is 35.5 Å². The van der Waals surface area contributed by atoms with Gasteiger partial charge in [0.2, 0.25) is 0 Å². The molecule has 3 atom stereocenters. The van der Waals surface area contributed by atoms with E-state index in [0.717, 1.165) is 30.4 Å². The van der Waals surface area contributed by atoms with Crippen molar-refractivity contribution < 1.29 is 49.0 Å². The maximum Gasteiger partial charge on any atom is 1.00 e. The Hall–Kier alpha value is -0.620. The Balaban J connectivity index is 0.00000161. The molecule has 0 spiro atoms. The molecular formula is C15H18NNaO4. The van der Waals surface area contributed by atoms with E-state index in [-0.39, 0.29) is 59.2 Å². The van der Waals surface area contributed by atoms with Crippen LogP contribution in [0.1, 0.15) is 33.1 Å². The Bertz CT molecular complexity index is 538. The number of carboxylic acid groups (broad SMARTS) is 1. The van der Waals surface area contributed by atoms with E-state index in [1.807, 2.05) is 13.8 Å². The number of carboxylic acids is 1. The molecule has 0 aromatic carbocycles. The van der Waals surface area contributed by atoms with Crippen LogP contribution in [0.3, 0.4) is 0 Å². The molecule has 0 aromatic rings. The molecule has 0 radical (unpaired) electrons. The van der Waals surface area contributed by atoms with Gasteiger partial charge in [0.05, 0.1) is 23.8 Å². The zero-order valence-electron chi connectivity index (χ0n) is 12.7. The topological polar surface area (TPSA) is 69.7 Å². The first-order valence-electron chi connectivity index (χ1n) is 7.18. The number of aliphatic carboxylic acids is 1. The second-order valence-electron chi connectivity index (χ2n) is 5.44. The predicted molar refractivity (Wildman–Crippen MR) is 69.2 cm³/mol. The van der Waals surface area contributed by atoms with E-state index in [9.17, 15) is 14.7 Å². The zero-order chi connectivity index (χ0) is 14.4. The third kappa shape index (κ3) is 2.31. The van der Waals surface area contributed by atoms with Crippen molar-refractivity contribution in [2.75, 3.05) is 6.61 Å². The van der Waals surface area contributed by atoms with E-state index < -0.39 is 5.97 Å². The summed E-state index contributed by atoms with van der Waals surface area (Å²) in [7, 11) is 0. The van der Waals surface area contributed by atoms with Crippen molar-refractivity contribution in [2.24, 2.45) is 5.92 Å². The van der Waals surface area contributed by atoms with Gasteiger partial charge in [-0.2, -0.15) is 0 Å². The van der Waals surface area contributed by atoms with Gasteiger partial charge in [-0.05, 0) is 38.7 Å². The van der Waals surface area contributed by atoms with E-state index in [1.165, 1.54) is 4.90 Å². The summed E-state index contributed by atoms with van der Waals surface area (Å²) in [6.45, 7) is 4.26. The molecule has 1 saturated heterocycles. The first kappa shape index (κ1) is 16.7. The monoisotopic (exact) mass is 299 g/mol. The third-order valence-electron chi connectivity index (χ3n) is 4.56. The maximum atomic E-state index is 12.1.